The van der Waals surface area contributed by atoms with Gasteiger partial charge in [-0.25, -0.2) is 9.59 Å². The highest BCUT2D eigenvalue weighted by Gasteiger charge is 2.23. The smallest absolute Gasteiger partial charge is 0.408 e. The quantitative estimate of drug-likeness (QED) is 0.885. The van der Waals surface area contributed by atoms with Gasteiger partial charge in [-0.05, 0) is 37.1 Å². The van der Waals surface area contributed by atoms with Crippen LogP contribution in [-0.2, 0) is 16.9 Å². The second kappa shape index (κ2) is 6.96. The van der Waals surface area contributed by atoms with Crippen molar-refractivity contribution in [3.05, 3.63) is 71.3 Å². The topological polar surface area (TPSA) is 75.6 Å². The number of aromatic carboxylic acids is 1. The van der Waals surface area contributed by atoms with Gasteiger partial charge in [-0.3, -0.25) is 0 Å². The minimum Gasteiger partial charge on any atom is -0.478 e. The molecule has 0 aliphatic carbocycles. The fraction of sp³-hybridized carbons (Fsp3) is 0.222. The van der Waals surface area contributed by atoms with Crippen molar-refractivity contribution < 1.29 is 19.4 Å². The fourth-order valence-electron chi connectivity index (χ4n) is 2.12. The molecule has 2 rings (SSSR count). The third kappa shape index (κ3) is 4.57. The van der Waals surface area contributed by atoms with Crippen molar-refractivity contribution in [1.82, 2.24) is 5.32 Å². The molecular formula is C18H19NO4. The zero-order chi connectivity index (χ0) is 16.9. The maximum absolute atomic E-state index is 12.0. The molecule has 0 spiro atoms. The van der Waals surface area contributed by atoms with E-state index in [1.54, 1.807) is 12.1 Å². The maximum Gasteiger partial charge on any atom is 0.408 e. The van der Waals surface area contributed by atoms with Crippen molar-refractivity contribution in [3.8, 4) is 0 Å². The standard InChI is InChI=1S/C18H19NO4/c1-18(2,15-10-8-14(9-11-15)16(20)21)19-17(22)23-12-13-6-4-3-5-7-13/h3-11H,12H2,1-2H3,(H,19,22)(H,20,21). The number of ether oxygens (including phenoxy) is 1. The average molecular weight is 313 g/mol. The summed E-state index contributed by atoms with van der Waals surface area (Å²) in [7, 11) is 0. The number of hydrogen-bond donors (Lipinski definition) is 2. The van der Waals surface area contributed by atoms with E-state index >= 15 is 0 Å². The van der Waals surface area contributed by atoms with Crippen LogP contribution in [0.15, 0.2) is 54.6 Å². The van der Waals surface area contributed by atoms with E-state index < -0.39 is 17.6 Å². The normalized spacial score (nSPS) is 10.9. The highest BCUT2D eigenvalue weighted by Crippen LogP contribution is 2.20. The van der Waals surface area contributed by atoms with Gasteiger partial charge in [0.2, 0.25) is 0 Å². The Morgan fingerprint density at radius 3 is 2.22 bits per heavy atom. The predicted molar refractivity (Wildman–Crippen MR) is 86.2 cm³/mol. The first kappa shape index (κ1) is 16.5. The molecule has 2 aromatic carbocycles. The molecule has 5 heteroatoms. The molecule has 0 saturated heterocycles. The van der Waals surface area contributed by atoms with Crippen molar-refractivity contribution in [2.24, 2.45) is 0 Å². The first-order valence-electron chi connectivity index (χ1n) is 7.21. The Morgan fingerprint density at radius 1 is 1.04 bits per heavy atom. The summed E-state index contributed by atoms with van der Waals surface area (Å²) >= 11 is 0. The number of carboxylic acid groups (broad SMARTS) is 1. The Balaban J connectivity index is 1.96. The molecule has 0 aliphatic rings. The van der Waals surface area contributed by atoms with E-state index in [4.69, 9.17) is 9.84 Å². The van der Waals surface area contributed by atoms with E-state index in [1.807, 2.05) is 44.2 Å². The number of alkyl carbamates (subject to hydrolysis) is 1. The monoisotopic (exact) mass is 313 g/mol. The molecular weight excluding hydrogens is 294 g/mol. The SMILES string of the molecule is CC(C)(NC(=O)OCc1ccccc1)c1ccc(C(=O)O)cc1. The Hall–Kier alpha value is -2.82. The summed E-state index contributed by atoms with van der Waals surface area (Å²) < 4.78 is 5.20. The molecule has 0 atom stereocenters. The van der Waals surface area contributed by atoms with Gasteiger partial charge < -0.3 is 15.2 Å². The minimum absolute atomic E-state index is 0.195. The van der Waals surface area contributed by atoms with Gasteiger partial charge in [0.15, 0.2) is 0 Å². The molecule has 0 fully saturated rings. The number of benzene rings is 2. The summed E-state index contributed by atoms with van der Waals surface area (Å²) in [4.78, 5) is 22.8. The lowest BCUT2D eigenvalue weighted by Crippen LogP contribution is -2.41. The molecule has 1 amide bonds. The van der Waals surface area contributed by atoms with Crippen LogP contribution in [0.4, 0.5) is 4.79 Å². The average Bonchev–Trinajstić information content (AvgIpc) is 2.53. The Bertz CT molecular complexity index is 678. The van der Waals surface area contributed by atoms with Crippen LogP contribution in [0.3, 0.4) is 0 Å². The van der Waals surface area contributed by atoms with E-state index in [0.717, 1.165) is 11.1 Å². The first-order chi connectivity index (χ1) is 10.9. The highest BCUT2D eigenvalue weighted by molar-refractivity contribution is 5.87. The molecule has 0 aromatic heterocycles. The van der Waals surface area contributed by atoms with Gasteiger partial charge in [0, 0.05) is 0 Å². The Morgan fingerprint density at radius 2 is 1.65 bits per heavy atom. The highest BCUT2D eigenvalue weighted by atomic mass is 16.5. The molecule has 2 N–H and O–H groups in total. The maximum atomic E-state index is 12.0. The molecule has 0 unspecified atom stereocenters. The lowest BCUT2D eigenvalue weighted by Gasteiger charge is -2.26. The molecule has 0 saturated carbocycles. The molecule has 120 valence electrons. The van der Waals surface area contributed by atoms with Gasteiger partial charge in [0.05, 0.1) is 11.1 Å². The van der Waals surface area contributed by atoms with Crippen LogP contribution in [0, 0.1) is 0 Å². The predicted octanol–water partition coefficient (Wildman–Crippen LogP) is 3.55. The van der Waals surface area contributed by atoms with Crippen molar-refractivity contribution in [1.29, 1.82) is 0 Å². The molecule has 0 radical (unpaired) electrons. The molecule has 0 bridgehead atoms. The number of carboxylic acids is 1. The van der Waals surface area contributed by atoms with E-state index in [2.05, 4.69) is 5.32 Å². The minimum atomic E-state index is -0.982. The number of nitrogens with one attached hydrogen (secondary N) is 1. The van der Waals surface area contributed by atoms with Gasteiger partial charge in [-0.15, -0.1) is 0 Å². The van der Waals surface area contributed by atoms with Crippen molar-refractivity contribution in [2.75, 3.05) is 0 Å². The van der Waals surface area contributed by atoms with Crippen molar-refractivity contribution in [3.63, 3.8) is 0 Å². The first-order valence-corrected chi connectivity index (χ1v) is 7.21. The third-order valence-electron chi connectivity index (χ3n) is 3.48. The van der Waals surface area contributed by atoms with Crippen LogP contribution in [0.5, 0.6) is 0 Å². The largest absolute Gasteiger partial charge is 0.478 e. The van der Waals surface area contributed by atoms with Crippen LogP contribution in [0.2, 0.25) is 0 Å². The van der Waals surface area contributed by atoms with E-state index in [1.165, 1.54) is 12.1 Å². The van der Waals surface area contributed by atoms with Gasteiger partial charge in [0.1, 0.15) is 6.61 Å². The van der Waals surface area contributed by atoms with Gasteiger partial charge in [0.25, 0.3) is 0 Å². The zero-order valence-corrected chi connectivity index (χ0v) is 13.1. The fourth-order valence-corrected chi connectivity index (χ4v) is 2.12. The number of rotatable bonds is 5. The summed E-state index contributed by atoms with van der Waals surface area (Å²) in [6.45, 7) is 3.85. The molecule has 5 nitrogen and oxygen atoms in total. The third-order valence-corrected chi connectivity index (χ3v) is 3.48. The van der Waals surface area contributed by atoms with Gasteiger partial charge in [-0.1, -0.05) is 42.5 Å². The van der Waals surface area contributed by atoms with Crippen LogP contribution in [0.25, 0.3) is 0 Å². The van der Waals surface area contributed by atoms with Crippen LogP contribution >= 0.6 is 0 Å². The van der Waals surface area contributed by atoms with E-state index in [9.17, 15) is 9.59 Å². The van der Waals surface area contributed by atoms with Gasteiger partial charge in [-0.2, -0.15) is 0 Å². The number of carbonyl (C=O) groups excluding carboxylic acids is 1. The van der Waals surface area contributed by atoms with Crippen LogP contribution < -0.4 is 5.32 Å². The van der Waals surface area contributed by atoms with Crippen LogP contribution in [-0.4, -0.2) is 17.2 Å². The molecule has 2 aromatic rings. The molecule has 0 aliphatic heterocycles. The van der Waals surface area contributed by atoms with E-state index in [-0.39, 0.29) is 12.2 Å². The lowest BCUT2D eigenvalue weighted by atomic mass is 9.93. The Kier molecular flexibility index (Phi) is 5.01. The van der Waals surface area contributed by atoms with Gasteiger partial charge >= 0.3 is 12.1 Å². The number of amides is 1. The second-order valence-electron chi connectivity index (χ2n) is 5.69. The zero-order valence-electron chi connectivity index (χ0n) is 13.1. The Labute approximate surface area is 134 Å². The number of hydrogen-bond acceptors (Lipinski definition) is 3. The molecule has 0 heterocycles. The summed E-state index contributed by atoms with van der Waals surface area (Å²) in [5, 5.41) is 11.7. The molecule has 23 heavy (non-hydrogen) atoms. The van der Waals surface area contributed by atoms with Crippen molar-refractivity contribution >= 4 is 12.1 Å². The summed E-state index contributed by atoms with van der Waals surface area (Å²) in [6.07, 6.45) is -0.527. The summed E-state index contributed by atoms with van der Waals surface area (Å²) in [5.41, 5.74) is 1.23. The van der Waals surface area contributed by atoms with Crippen molar-refractivity contribution in [2.45, 2.75) is 26.0 Å². The van der Waals surface area contributed by atoms with E-state index in [0.29, 0.717) is 0 Å². The van der Waals surface area contributed by atoms with Crippen LogP contribution in [0.1, 0.15) is 35.3 Å². The summed E-state index contributed by atoms with van der Waals surface area (Å²) in [6, 6.07) is 15.8. The summed E-state index contributed by atoms with van der Waals surface area (Å²) in [5.74, 6) is -0.982. The lowest BCUT2D eigenvalue weighted by molar-refractivity contribution is 0.0696. The second-order valence-corrected chi connectivity index (χ2v) is 5.69. The number of carbonyl (C=O) groups is 2.